The van der Waals surface area contributed by atoms with Crippen molar-refractivity contribution in [3.63, 3.8) is 0 Å². The summed E-state index contributed by atoms with van der Waals surface area (Å²) in [4.78, 5) is 22.9. The van der Waals surface area contributed by atoms with Gasteiger partial charge in [0, 0.05) is 29.7 Å². The van der Waals surface area contributed by atoms with Crippen LogP contribution in [0.1, 0.15) is 26.7 Å². The average Bonchev–Trinajstić information content (AvgIpc) is 2.37. The second kappa shape index (κ2) is 7.18. The van der Waals surface area contributed by atoms with Crippen molar-refractivity contribution in [1.29, 1.82) is 0 Å². The van der Waals surface area contributed by atoms with E-state index in [-0.39, 0.29) is 17.1 Å². The van der Waals surface area contributed by atoms with Crippen molar-refractivity contribution in [2.24, 2.45) is 0 Å². The van der Waals surface area contributed by atoms with Crippen LogP contribution < -0.4 is 4.90 Å². The van der Waals surface area contributed by atoms with Crippen molar-refractivity contribution >= 4 is 33.0 Å². The molecule has 0 atom stereocenters. The maximum absolute atomic E-state index is 11.2. The van der Waals surface area contributed by atoms with Crippen molar-refractivity contribution in [3.8, 4) is 0 Å². The van der Waals surface area contributed by atoms with Gasteiger partial charge < -0.3 is 4.90 Å². The van der Waals surface area contributed by atoms with E-state index in [1.807, 2.05) is 13.8 Å². The zero-order valence-electron chi connectivity index (χ0n) is 11.3. The Kier molecular flexibility index (Phi) is 5.87. The molecule has 0 aliphatic carbocycles. The fourth-order valence-electron chi connectivity index (χ4n) is 2.05. The summed E-state index contributed by atoms with van der Waals surface area (Å²) in [6, 6.07) is 2.61. The molecule has 20 heavy (non-hydrogen) atoms. The fraction of sp³-hybridized carbons (Fsp3) is 0.500. The van der Waals surface area contributed by atoms with Crippen molar-refractivity contribution in [3.05, 3.63) is 36.8 Å². The molecule has 0 spiro atoms. The summed E-state index contributed by atoms with van der Waals surface area (Å²) in [5.41, 5.74) is -0.396. The summed E-state index contributed by atoms with van der Waals surface area (Å²) in [5, 5.41) is 22.4. The molecule has 8 heteroatoms. The molecule has 0 saturated heterocycles. The van der Waals surface area contributed by atoms with E-state index < -0.39 is 9.85 Å². The maximum Gasteiger partial charge on any atom is 0.300 e. The standard InChI is InChI=1S/C12H16BrN3O4/c1-3-5-14(6-4-2)12-10(15(17)18)7-9(13)8-11(12)16(19)20/h7-8H,3-6H2,1-2H3. The van der Waals surface area contributed by atoms with Crippen molar-refractivity contribution in [1.82, 2.24) is 0 Å². The van der Waals surface area contributed by atoms with Gasteiger partial charge in [0.25, 0.3) is 0 Å². The molecule has 0 amide bonds. The van der Waals surface area contributed by atoms with Gasteiger partial charge >= 0.3 is 11.4 Å². The molecule has 1 aromatic carbocycles. The highest BCUT2D eigenvalue weighted by atomic mass is 79.9. The first-order valence-corrected chi connectivity index (χ1v) is 7.08. The molecule has 1 rings (SSSR count). The monoisotopic (exact) mass is 345 g/mol. The number of nitrogens with zero attached hydrogens (tertiary/aromatic N) is 3. The molecule has 0 saturated carbocycles. The lowest BCUT2D eigenvalue weighted by atomic mass is 10.2. The highest BCUT2D eigenvalue weighted by Gasteiger charge is 2.30. The van der Waals surface area contributed by atoms with E-state index in [4.69, 9.17) is 0 Å². The second-order valence-electron chi connectivity index (χ2n) is 4.29. The van der Waals surface area contributed by atoms with Gasteiger partial charge in [-0.15, -0.1) is 0 Å². The topological polar surface area (TPSA) is 89.5 Å². The maximum atomic E-state index is 11.2. The third-order valence-corrected chi connectivity index (χ3v) is 3.19. The quantitative estimate of drug-likeness (QED) is 0.552. The summed E-state index contributed by atoms with van der Waals surface area (Å²) >= 11 is 3.08. The lowest BCUT2D eigenvalue weighted by molar-refractivity contribution is -0.392. The van der Waals surface area contributed by atoms with Gasteiger partial charge in [0.1, 0.15) is 0 Å². The van der Waals surface area contributed by atoms with Crippen LogP contribution in [0.5, 0.6) is 0 Å². The molecule has 0 fully saturated rings. The predicted octanol–water partition coefficient (Wildman–Crippen LogP) is 3.89. The number of nitro groups is 2. The van der Waals surface area contributed by atoms with Crippen LogP contribution in [0.15, 0.2) is 16.6 Å². The van der Waals surface area contributed by atoms with Gasteiger partial charge in [-0.2, -0.15) is 0 Å². The van der Waals surface area contributed by atoms with Gasteiger partial charge in [0.15, 0.2) is 5.69 Å². The van der Waals surface area contributed by atoms with Gasteiger partial charge in [0.05, 0.1) is 9.85 Å². The van der Waals surface area contributed by atoms with Crippen LogP contribution in [0.4, 0.5) is 17.1 Å². The van der Waals surface area contributed by atoms with Crippen LogP contribution in [0.25, 0.3) is 0 Å². The molecule has 7 nitrogen and oxygen atoms in total. The highest BCUT2D eigenvalue weighted by Crippen LogP contribution is 2.40. The first kappa shape index (κ1) is 16.4. The zero-order chi connectivity index (χ0) is 15.3. The number of anilines is 1. The van der Waals surface area contributed by atoms with Gasteiger partial charge in [0.2, 0.25) is 0 Å². The van der Waals surface area contributed by atoms with Gasteiger partial charge in [-0.1, -0.05) is 29.8 Å². The normalized spacial score (nSPS) is 10.3. The Balaban J connectivity index is 3.52. The Hall–Kier alpha value is -1.70. The van der Waals surface area contributed by atoms with Crippen LogP contribution in [-0.2, 0) is 0 Å². The van der Waals surface area contributed by atoms with Crippen molar-refractivity contribution < 1.29 is 9.85 Å². The SMILES string of the molecule is CCCN(CCC)c1c([N+](=O)[O-])cc(Br)cc1[N+](=O)[O-]. The van der Waals surface area contributed by atoms with Crippen LogP contribution in [0, 0.1) is 20.2 Å². The van der Waals surface area contributed by atoms with E-state index in [1.54, 1.807) is 4.90 Å². The summed E-state index contributed by atoms with van der Waals surface area (Å²) in [7, 11) is 0. The molecule has 0 aromatic heterocycles. The largest absolute Gasteiger partial charge is 0.360 e. The summed E-state index contributed by atoms with van der Waals surface area (Å²) < 4.78 is 0.326. The average molecular weight is 346 g/mol. The molecule has 110 valence electrons. The minimum atomic E-state index is -0.578. The first-order valence-electron chi connectivity index (χ1n) is 6.29. The van der Waals surface area contributed by atoms with Crippen LogP contribution in [-0.4, -0.2) is 22.9 Å². The Labute approximate surface area is 125 Å². The first-order chi connectivity index (χ1) is 9.42. The number of nitro benzene ring substituents is 2. The Morgan fingerprint density at radius 2 is 1.45 bits per heavy atom. The van der Waals surface area contributed by atoms with E-state index in [2.05, 4.69) is 15.9 Å². The molecule has 0 aliphatic rings. The van der Waals surface area contributed by atoms with Crippen LogP contribution in [0.3, 0.4) is 0 Å². The Morgan fingerprint density at radius 3 is 1.75 bits per heavy atom. The van der Waals surface area contributed by atoms with E-state index in [0.29, 0.717) is 17.6 Å². The zero-order valence-corrected chi connectivity index (χ0v) is 12.9. The highest BCUT2D eigenvalue weighted by molar-refractivity contribution is 9.10. The summed E-state index contributed by atoms with van der Waals surface area (Å²) in [5.74, 6) is 0. The van der Waals surface area contributed by atoms with E-state index in [0.717, 1.165) is 12.8 Å². The number of rotatable bonds is 7. The van der Waals surface area contributed by atoms with Crippen molar-refractivity contribution in [2.45, 2.75) is 26.7 Å². The number of hydrogen-bond acceptors (Lipinski definition) is 5. The third kappa shape index (κ3) is 3.66. The predicted molar refractivity (Wildman–Crippen MR) is 80.2 cm³/mol. The van der Waals surface area contributed by atoms with Crippen LogP contribution in [0.2, 0.25) is 0 Å². The molecule has 0 bridgehead atoms. The molecule has 0 N–H and O–H groups in total. The van der Waals surface area contributed by atoms with E-state index >= 15 is 0 Å². The number of benzene rings is 1. The Bertz CT molecular complexity index is 480. The minimum absolute atomic E-state index is 0.0897. The molecule has 0 radical (unpaired) electrons. The van der Waals surface area contributed by atoms with Gasteiger partial charge in [-0.05, 0) is 12.8 Å². The lowest BCUT2D eigenvalue weighted by Gasteiger charge is -2.23. The van der Waals surface area contributed by atoms with E-state index in [9.17, 15) is 20.2 Å². The van der Waals surface area contributed by atoms with Gasteiger partial charge in [-0.25, -0.2) is 0 Å². The minimum Gasteiger partial charge on any atom is -0.360 e. The fourth-order valence-corrected chi connectivity index (χ4v) is 2.48. The van der Waals surface area contributed by atoms with Crippen LogP contribution >= 0.6 is 15.9 Å². The molecule has 0 heterocycles. The molecular formula is C12H16BrN3O4. The molecular weight excluding hydrogens is 330 g/mol. The summed E-state index contributed by atoms with van der Waals surface area (Å²) in [6.07, 6.45) is 1.51. The second-order valence-corrected chi connectivity index (χ2v) is 5.21. The van der Waals surface area contributed by atoms with Crippen molar-refractivity contribution in [2.75, 3.05) is 18.0 Å². The Morgan fingerprint density at radius 1 is 1.05 bits per heavy atom. The summed E-state index contributed by atoms with van der Waals surface area (Å²) in [6.45, 7) is 4.94. The molecule has 0 unspecified atom stereocenters. The molecule has 0 aliphatic heterocycles. The molecule has 1 aromatic rings. The number of hydrogen-bond donors (Lipinski definition) is 0. The number of halogens is 1. The smallest absolute Gasteiger partial charge is 0.300 e. The van der Waals surface area contributed by atoms with E-state index in [1.165, 1.54) is 12.1 Å². The third-order valence-electron chi connectivity index (χ3n) is 2.73. The van der Waals surface area contributed by atoms with Gasteiger partial charge in [-0.3, -0.25) is 20.2 Å². The lowest BCUT2D eigenvalue weighted by Crippen LogP contribution is -2.26.